The molecule has 2 aromatic rings. The van der Waals surface area contributed by atoms with Crippen LogP contribution in [0.25, 0.3) is 10.8 Å². The zero-order chi connectivity index (χ0) is 13.9. The molecule has 0 spiro atoms. The number of hydrogen-bond acceptors (Lipinski definition) is 3. The Morgan fingerprint density at radius 1 is 1.35 bits per heavy atom. The van der Waals surface area contributed by atoms with Crippen LogP contribution in [0.3, 0.4) is 0 Å². The Bertz CT molecular complexity index is 579. The van der Waals surface area contributed by atoms with E-state index in [2.05, 4.69) is 23.3 Å². The molecule has 1 aliphatic heterocycles. The highest BCUT2D eigenvalue weighted by Crippen LogP contribution is 2.28. The van der Waals surface area contributed by atoms with Gasteiger partial charge in [0, 0.05) is 29.9 Å². The third-order valence-electron chi connectivity index (χ3n) is 4.29. The third kappa shape index (κ3) is 2.84. The molecule has 20 heavy (non-hydrogen) atoms. The average molecular weight is 270 g/mol. The summed E-state index contributed by atoms with van der Waals surface area (Å²) in [4.78, 5) is 4.19. The van der Waals surface area contributed by atoms with Gasteiger partial charge in [0.2, 0.25) is 0 Å². The molecule has 1 saturated heterocycles. The summed E-state index contributed by atoms with van der Waals surface area (Å²) in [6.45, 7) is 2.22. The summed E-state index contributed by atoms with van der Waals surface area (Å²) in [5.41, 5.74) is 0.996. The number of nitrogens with zero attached hydrogens (tertiary/aromatic N) is 1. The van der Waals surface area contributed by atoms with Crippen molar-refractivity contribution in [3.05, 3.63) is 42.2 Å². The highest BCUT2D eigenvalue weighted by Gasteiger charge is 2.22. The Morgan fingerprint density at radius 3 is 3.10 bits per heavy atom. The summed E-state index contributed by atoms with van der Waals surface area (Å²) in [5.74, 6) is 0. The maximum absolute atomic E-state index is 10.6. The highest BCUT2D eigenvalue weighted by atomic mass is 16.3. The number of benzene rings is 1. The molecule has 1 fully saturated rings. The normalized spacial score (nSPS) is 24.7. The Hall–Kier alpha value is -1.45. The van der Waals surface area contributed by atoms with Crippen LogP contribution < -0.4 is 5.32 Å². The molecule has 0 aliphatic carbocycles. The van der Waals surface area contributed by atoms with Crippen molar-refractivity contribution >= 4 is 10.8 Å². The zero-order valence-electron chi connectivity index (χ0n) is 11.9. The lowest BCUT2D eigenvalue weighted by Gasteiger charge is -2.30. The highest BCUT2D eigenvalue weighted by molar-refractivity contribution is 5.85. The molecule has 3 rings (SSSR count). The minimum Gasteiger partial charge on any atom is -0.388 e. The molecule has 1 aromatic carbocycles. The number of piperidine rings is 1. The monoisotopic (exact) mass is 270 g/mol. The molecular weight excluding hydrogens is 248 g/mol. The molecule has 0 bridgehead atoms. The Labute approximate surface area is 120 Å². The number of fused-ring (bicyclic) bond motifs is 1. The number of aromatic nitrogens is 1. The lowest BCUT2D eigenvalue weighted by atomic mass is 9.92. The fourth-order valence-corrected chi connectivity index (χ4v) is 3.25. The number of nitrogens with one attached hydrogen (secondary N) is 1. The van der Waals surface area contributed by atoms with Crippen LogP contribution in [-0.4, -0.2) is 22.2 Å². The number of rotatable bonds is 3. The molecule has 3 nitrogen and oxygen atoms in total. The molecule has 2 heterocycles. The van der Waals surface area contributed by atoms with Crippen molar-refractivity contribution in [2.24, 2.45) is 0 Å². The maximum Gasteiger partial charge on any atom is 0.0811 e. The minimum absolute atomic E-state index is 0.417. The molecule has 0 radical (unpaired) electrons. The van der Waals surface area contributed by atoms with E-state index >= 15 is 0 Å². The van der Waals surface area contributed by atoms with E-state index in [1.54, 1.807) is 6.20 Å². The first-order valence-corrected chi connectivity index (χ1v) is 7.51. The Morgan fingerprint density at radius 2 is 2.25 bits per heavy atom. The van der Waals surface area contributed by atoms with Gasteiger partial charge in [0.15, 0.2) is 0 Å². The van der Waals surface area contributed by atoms with E-state index in [0.717, 1.165) is 29.2 Å². The van der Waals surface area contributed by atoms with Crippen molar-refractivity contribution < 1.29 is 5.11 Å². The largest absolute Gasteiger partial charge is 0.388 e. The van der Waals surface area contributed by atoms with Crippen LogP contribution in [-0.2, 0) is 0 Å². The molecule has 0 unspecified atom stereocenters. The van der Waals surface area contributed by atoms with Crippen LogP contribution in [0.1, 0.15) is 44.3 Å². The average Bonchev–Trinajstić information content (AvgIpc) is 2.46. The van der Waals surface area contributed by atoms with Gasteiger partial charge in [-0.3, -0.25) is 4.98 Å². The van der Waals surface area contributed by atoms with Gasteiger partial charge in [0.1, 0.15) is 0 Å². The van der Waals surface area contributed by atoms with E-state index in [1.807, 2.05) is 24.4 Å². The van der Waals surface area contributed by atoms with Gasteiger partial charge >= 0.3 is 0 Å². The first-order chi connectivity index (χ1) is 9.74. The van der Waals surface area contributed by atoms with Crippen molar-refractivity contribution in [3.63, 3.8) is 0 Å². The predicted molar refractivity (Wildman–Crippen MR) is 81.6 cm³/mol. The maximum atomic E-state index is 10.6. The van der Waals surface area contributed by atoms with Crippen molar-refractivity contribution in [3.8, 4) is 0 Å². The van der Waals surface area contributed by atoms with Crippen molar-refractivity contribution in [2.45, 2.75) is 50.8 Å². The van der Waals surface area contributed by atoms with Gasteiger partial charge in [-0.15, -0.1) is 0 Å². The standard InChI is InChI=1S/C17H22N2O/c1-12-4-2-6-14(19-12)10-17(20)15-7-3-5-13-8-9-18-11-16(13)15/h3,5,7-9,11-12,14,17,19-20H,2,4,6,10H2,1H3/t12-,14-,17+/m1/s1. The molecule has 1 aromatic heterocycles. The Balaban J connectivity index is 1.80. The summed E-state index contributed by atoms with van der Waals surface area (Å²) < 4.78 is 0. The van der Waals surface area contributed by atoms with Gasteiger partial charge in [-0.05, 0) is 43.2 Å². The van der Waals surface area contributed by atoms with Crippen LogP contribution in [0.5, 0.6) is 0 Å². The summed E-state index contributed by atoms with van der Waals surface area (Å²) >= 11 is 0. The van der Waals surface area contributed by atoms with Gasteiger partial charge in [0.25, 0.3) is 0 Å². The summed E-state index contributed by atoms with van der Waals surface area (Å²) in [6, 6.07) is 9.06. The van der Waals surface area contributed by atoms with E-state index in [1.165, 1.54) is 12.8 Å². The van der Waals surface area contributed by atoms with Crippen LogP contribution in [0.4, 0.5) is 0 Å². The van der Waals surface area contributed by atoms with E-state index < -0.39 is 6.10 Å². The van der Waals surface area contributed by atoms with E-state index in [4.69, 9.17) is 0 Å². The molecular formula is C17H22N2O. The van der Waals surface area contributed by atoms with Gasteiger partial charge in [0.05, 0.1) is 6.10 Å². The second kappa shape index (κ2) is 5.90. The van der Waals surface area contributed by atoms with Gasteiger partial charge in [-0.25, -0.2) is 0 Å². The molecule has 0 amide bonds. The minimum atomic E-state index is -0.425. The summed E-state index contributed by atoms with van der Waals surface area (Å²) in [5, 5.41) is 16.4. The first-order valence-electron chi connectivity index (χ1n) is 7.51. The summed E-state index contributed by atoms with van der Waals surface area (Å²) in [6.07, 6.45) is 7.65. The number of pyridine rings is 1. The predicted octanol–water partition coefficient (Wildman–Crippen LogP) is 3.19. The van der Waals surface area contributed by atoms with Crippen LogP contribution in [0, 0.1) is 0 Å². The Kier molecular flexibility index (Phi) is 3.99. The van der Waals surface area contributed by atoms with Crippen molar-refractivity contribution in [1.82, 2.24) is 10.3 Å². The molecule has 3 atom stereocenters. The number of aliphatic hydroxyl groups excluding tert-OH is 1. The fourth-order valence-electron chi connectivity index (χ4n) is 3.25. The van der Waals surface area contributed by atoms with Crippen LogP contribution in [0.2, 0.25) is 0 Å². The number of aliphatic hydroxyl groups is 1. The third-order valence-corrected chi connectivity index (χ3v) is 4.29. The second-order valence-corrected chi connectivity index (χ2v) is 5.89. The van der Waals surface area contributed by atoms with Gasteiger partial charge in [-0.1, -0.05) is 24.6 Å². The summed E-state index contributed by atoms with van der Waals surface area (Å²) in [7, 11) is 0. The van der Waals surface area contributed by atoms with Crippen molar-refractivity contribution in [1.29, 1.82) is 0 Å². The van der Waals surface area contributed by atoms with Crippen molar-refractivity contribution in [2.75, 3.05) is 0 Å². The topological polar surface area (TPSA) is 45.2 Å². The SMILES string of the molecule is C[C@@H]1CCC[C@H](C[C@H](O)c2cccc3ccncc23)N1. The van der Waals surface area contributed by atoms with Gasteiger partial charge < -0.3 is 10.4 Å². The fraction of sp³-hybridized carbons (Fsp3) is 0.471. The van der Waals surface area contributed by atoms with Crippen LogP contribution >= 0.6 is 0 Å². The number of hydrogen-bond donors (Lipinski definition) is 2. The molecule has 1 aliphatic rings. The molecule has 106 valence electrons. The smallest absolute Gasteiger partial charge is 0.0811 e. The van der Waals surface area contributed by atoms with E-state index in [9.17, 15) is 5.11 Å². The lowest BCUT2D eigenvalue weighted by molar-refractivity contribution is 0.140. The molecule has 0 saturated carbocycles. The van der Waals surface area contributed by atoms with Gasteiger partial charge in [-0.2, -0.15) is 0 Å². The molecule has 2 N–H and O–H groups in total. The molecule has 3 heteroatoms. The van der Waals surface area contributed by atoms with E-state index in [0.29, 0.717) is 12.1 Å². The first kappa shape index (κ1) is 13.5. The second-order valence-electron chi connectivity index (χ2n) is 5.89. The van der Waals surface area contributed by atoms with E-state index in [-0.39, 0.29) is 0 Å². The zero-order valence-corrected chi connectivity index (χ0v) is 11.9. The quantitative estimate of drug-likeness (QED) is 0.900. The van der Waals surface area contributed by atoms with Crippen LogP contribution in [0.15, 0.2) is 36.7 Å². The lowest BCUT2D eigenvalue weighted by Crippen LogP contribution is -2.41.